The number of rotatable bonds is 16. The molecule has 5 N–H and O–H groups in total. The third-order valence-corrected chi connectivity index (χ3v) is 9.38. The van der Waals surface area contributed by atoms with Gasteiger partial charge in [-0.2, -0.15) is 0 Å². The monoisotopic (exact) mass is 599 g/mol. The van der Waals surface area contributed by atoms with Gasteiger partial charge in [0.2, 0.25) is 5.91 Å². The maximum absolute atomic E-state index is 12.7. The Morgan fingerprint density at radius 1 is 1.18 bits per heavy atom. The number of carboxylic acid groups (broad SMARTS) is 2. The lowest BCUT2D eigenvalue weighted by atomic mass is 10.0. The summed E-state index contributed by atoms with van der Waals surface area (Å²) in [5, 5.41) is 21.5. The van der Waals surface area contributed by atoms with Crippen LogP contribution in [-0.4, -0.2) is 80.7 Å². The van der Waals surface area contributed by atoms with Crippen LogP contribution in [-0.2, 0) is 30.5 Å². The van der Waals surface area contributed by atoms with Gasteiger partial charge in [-0.05, 0) is 37.0 Å². The minimum atomic E-state index is -1.12. The first-order valence-corrected chi connectivity index (χ1v) is 15.2. The number of ketones is 2. The Hall–Kier alpha value is -2.38. The molecule has 0 aromatic heterocycles. The fourth-order valence-electron chi connectivity index (χ4n) is 3.90. The highest BCUT2D eigenvalue weighted by molar-refractivity contribution is 8.77. The molecule has 1 aromatic carbocycles. The number of hydrogen-bond donors (Lipinski definition) is 4. The molecule has 0 spiro atoms. The summed E-state index contributed by atoms with van der Waals surface area (Å²) >= 11 is 6.29. The van der Waals surface area contributed by atoms with Gasteiger partial charge in [0.1, 0.15) is 5.78 Å². The van der Waals surface area contributed by atoms with Crippen LogP contribution in [0.2, 0.25) is 5.02 Å². The Labute approximate surface area is 240 Å². The summed E-state index contributed by atoms with van der Waals surface area (Å²) in [5.74, 6) is -3.09. The number of carbonyl (C=O) groups is 5. The number of aliphatic carboxylic acids is 2. The average molecular weight is 600 g/mol. The van der Waals surface area contributed by atoms with E-state index in [9.17, 15) is 29.1 Å². The lowest BCUT2D eigenvalue weighted by Crippen LogP contribution is -2.43. The summed E-state index contributed by atoms with van der Waals surface area (Å²) in [7, 11) is 2.75. The van der Waals surface area contributed by atoms with E-state index >= 15 is 0 Å². The quantitative estimate of drug-likeness (QED) is 0.163. The lowest BCUT2D eigenvalue weighted by Gasteiger charge is -2.34. The van der Waals surface area contributed by atoms with Crippen molar-refractivity contribution in [1.82, 2.24) is 10.2 Å². The largest absolute Gasteiger partial charge is 0.481 e. The summed E-state index contributed by atoms with van der Waals surface area (Å²) in [4.78, 5) is 61.0. The van der Waals surface area contributed by atoms with E-state index in [1.165, 1.54) is 34.6 Å². The molecule has 1 aliphatic rings. The molecule has 10 nitrogen and oxygen atoms in total. The summed E-state index contributed by atoms with van der Waals surface area (Å²) < 4.78 is 0. The van der Waals surface area contributed by atoms with Crippen LogP contribution in [0.3, 0.4) is 0 Å². The number of Topliss-reactive ketones (excluding diaryl/α,β-unsaturated/α-hetero) is 2. The minimum absolute atomic E-state index is 0.0450. The standard InChI is InChI=1S/C26H34ClN3O7S2/c1-16(31)20(28)6-8-24(33)29-21(22(32)7-9-25(34)35)15-38-39-23-10-11-30(14-18(23)12-26(36)37)13-17-4-2-3-5-19(17)27/h2-5,12,20-21,23H,6-11,13-15,28H2,1H3,(H,29,33)(H,34,35)(H,36,37)/b18-12-. The van der Waals surface area contributed by atoms with Crippen molar-refractivity contribution in [2.75, 3.05) is 18.8 Å². The molecular weight excluding hydrogens is 566 g/mol. The van der Waals surface area contributed by atoms with Gasteiger partial charge >= 0.3 is 11.9 Å². The van der Waals surface area contributed by atoms with E-state index in [-0.39, 0.29) is 42.5 Å². The number of hydrogen-bond acceptors (Lipinski definition) is 9. The van der Waals surface area contributed by atoms with Gasteiger partial charge in [0.25, 0.3) is 0 Å². The van der Waals surface area contributed by atoms with E-state index in [0.717, 1.165) is 11.1 Å². The predicted molar refractivity (Wildman–Crippen MR) is 153 cm³/mol. The number of carboxylic acids is 2. The number of amides is 1. The number of carbonyl (C=O) groups excluding carboxylic acids is 3. The molecule has 0 radical (unpaired) electrons. The van der Waals surface area contributed by atoms with E-state index < -0.39 is 35.7 Å². The first-order valence-electron chi connectivity index (χ1n) is 12.4. The van der Waals surface area contributed by atoms with E-state index in [1.54, 1.807) is 0 Å². The summed E-state index contributed by atoms with van der Waals surface area (Å²) in [5.41, 5.74) is 7.37. The maximum atomic E-state index is 12.7. The van der Waals surface area contributed by atoms with Crippen molar-refractivity contribution in [2.45, 2.75) is 62.9 Å². The topological polar surface area (TPSA) is 167 Å². The van der Waals surface area contributed by atoms with Gasteiger partial charge in [-0.15, -0.1) is 0 Å². The molecule has 214 valence electrons. The number of likely N-dealkylation sites (tertiary alicyclic amines) is 1. The first kappa shape index (κ1) is 32.8. The Kier molecular flexibility index (Phi) is 14.0. The molecule has 0 bridgehead atoms. The third kappa shape index (κ3) is 12.1. The molecule has 2 rings (SSSR count). The highest BCUT2D eigenvalue weighted by Crippen LogP contribution is 2.37. The van der Waals surface area contributed by atoms with Crippen LogP contribution in [0.25, 0.3) is 0 Å². The lowest BCUT2D eigenvalue weighted by molar-refractivity contribution is -0.138. The molecule has 3 unspecified atom stereocenters. The second kappa shape index (κ2) is 16.7. The van der Waals surface area contributed by atoms with Crippen LogP contribution in [0.5, 0.6) is 0 Å². The molecule has 1 aromatic rings. The molecule has 13 heteroatoms. The van der Waals surface area contributed by atoms with Gasteiger partial charge in [-0.3, -0.25) is 24.1 Å². The Bertz CT molecular complexity index is 1090. The van der Waals surface area contributed by atoms with Gasteiger partial charge in [0, 0.05) is 54.6 Å². The fraction of sp³-hybridized carbons (Fsp3) is 0.500. The number of nitrogens with two attached hydrogens (primary N) is 1. The van der Waals surface area contributed by atoms with Crippen LogP contribution in [0.1, 0.15) is 44.6 Å². The summed E-state index contributed by atoms with van der Waals surface area (Å²) in [6, 6.07) is 5.81. The van der Waals surface area contributed by atoms with Crippen molar-refractivity contribution in [1.29, 1.82) is 0 Å². The summed E-state index contributed by atoms with van der Waals surface area (Å²) in [6.07, 6.45) is 1.39. The van der Waals surface area contributed by atoms with Crippen LogP contribution in [0, 0.1) is 0 Å². The van der Waals surface area contributed by atoms with E-state index in [1.807, 2.05) is 24.3 Å². The smallest absolute Gasteiger partial charge is 0.328 e. The van der Waals surface area contributed by atoms with Gasteiger partial charge in [-0.25, -0.2) is 4.79 Å². The van der Waals surface area contributed by atoms with Gasteiger partial charge in [0.15, 0.2) is 5.78 Å². The summed E-state index contributed by atoms with van der Waals surface area (Å²) in [6.45, 7) is 3.09. The highest BCUT2D eigenvalue weighted by Gasteiger charge is 2.28. The van der Waals surface area contributed by atoms with Crippen molar-refractivity contribution in [3.05, 3.63) is 46.5 Å². The number of benzene rings is 1. The number of piperidine rings is 1. The van der Waals surface area contributed by atoms with Crippen molar-refractivity contribution in [3.8, 4) is 0 Å². The van der Waals surface area contributed by atoms with Crippen molar-refractivity contribution in [3.63, 3.8) is 0 Å². The molecule has 1 fully saturated rings. The zero-order chi connectivity index (χ0) is 28.9. The second-order valence-electron chi connectivity index (χ2n) is 9.25. The number of nitrogens with one attached hydrogen (secondary N) is 1. The van der Waals surface area contributed by atoms with Crippen LogP contribution < -0.4 is 11.1 Å². The van der Waals surface area contributed by atoms with Crippen LogP contribution >= 0.6 is 33.2 Å². The van der Waals surface area contributed by atoms with Crippen molar-refractivity contribution in [2.24, 2.45) is 5.73 Å². The fourth-order valence-corrected chi connectivity index (χ4v) is 7.01. The maximum Gasteiger partial charge on any atom is 0.328 e. The number of nitrogens with zero attached hydrogens (tertiary/aromatic N) is 1. The highest BCUT2D eigenvalue weighted by atomic mass is 35.5. The molecule has 1 aliphatic heterocycles. The molecule has 0 aliphatic carbocycles. The molecule has 1 heterocycles. The van der Waals surface area contributed by atoms with Gasteiger partial charge < -0.3 is 21.3 Å². The molecule has 1 amide bonds. The molecule has 3 atom stereocenters. The molecule has 39 heavy (non-hydrogen) atoms. The normalized spacial score (nSPS) is 18.3. The minimum Gasteiger partial charge on any atom is -0.481 e. The van der Waals surface area contributed by atoms with E-state index in [4.69, 9.17) is 22.4 Å². The van der Waals surface area contributed by atoms with Crippen LogP contribution in [0.15, 0.2) is 35.9 Å². The predicted octanol–water partition coefficient (Wildman–Crippen LogP) is 2.92. The zero-order valence-corrected chi connectivity index (χ0v) is 24.0. The van der Waals surface area contributed by atoms with E-state index in [2.05, 4.69) is 10.2 Å². The number of halogens is 1. The second-order valence-corrected chi connectivity index (χ2v) is 12.3. The van der Waals surface area contributed by atoms with Crippen LogP contribution in [0.4, 0.5) is 0 Å². The zero-order valence-electron chi connectivity index (χ0n) is 21.6. The Morgan fingerprint density at radius 2 is 1.90 bits per heavy atom. The molecule has 1 saturated heterocycles. The SMILES string of the molecule is CC(=O)C(N)CCC(=O)NC(CSSC1CCN(Cc2ccccc2Cl)C/C1=C/C(=O)O)C(=O)CCC(=O)O. The Balaban J connectivity index is 1.99. The molecule has 0 saturated carbocycles. The van der Waals surface area contributed by atoms with Crippen molar-refractivity contribution < 1.29 is 34.2 Å². The third-order valence-electron chi connectivity index (χ3n) is 6.12. The Morgan fingerprint density at radius 3 is 2.54 bits per heavy atom. The average Bonchev–Trinajstić information content (AvgIpc) is 2.87. The van der Waals surface area contributed by atoms with Gasteiger partial charge in [0.05, 0.1) is 18.5 Å². The first-order chi connectivity index (χ1) is 18.5. The van der Waals surface area contributed by atoms with Gasteiger partial charge in [-0.1, -0.05) is 51.4 Å². The van der Waals surface area contributed by atoms with E-state index in [0.29, 0.717) is 31.1 Å². The van der Waals surface area contributed by atoms with Crippen molar-refractivity contribution >= 4 is 62.6 Å². The molecular formula is C26H34ClN3O7S2.